The highest BCUT2D eigenvalue weighted by atomic mass is 79.9. The van der Waals surface area contributed by atoms with E-state index in [1.165, 1.54) is 6.07 Å². The lowest BCUT2D eigenvalue weighted by molar-refractivity contribution is -0.135. The third kappa shape index (κ3) is 6.57. The number of benzene rings is 2. The van der Waals surface area contributed by atoms with Crippen LogP contribution in [0.25, 0.3) is 0 Å². The Kier molecular flexibility index (Phi) is 8.33. The summed E-state index contributed by atoms with van der Waals surface area (Å²) in [6, 6.07) is 13.1. The zero-order valence-corrected chi connectivity index (χ0v) is 19.4. The molecule has 7 heteroatoms. The molecule has 0 aromatic heterocycles. The summed E-state index contributed by atoms with van der Waals surface area (Å²) in [5, 5.41) is 2.90. The number of hydrogen-bond acceptors (Lipinski definition) is 3. The molecule has 0 bridgehead atoms. The average molecular weight is 493 g/mol. The minimum absolute atomic E-state index is 0.0196. The van der Waals surface area contributed by atoms with Gasteiger partial charge in [-0.25, -0.2) is 4.39 Å². The first-order valence-electron chi connectivity index (χ1n) is 10.1. The van der Waals surface area contributed by atoms with Gasteiger partial charge in [0.15, 0.2) is 0 Å². The Labute approximate surface area is 189 Å². The van der Waals surface area contributed by atoms with Gasteiger partial charge in [-0.05, 0) is 61.2 Å². The van der Waals surface area contributed by atoms with E-state index < -0.39 is 0 Å². The van der Waals surface area contributed by atoms with E-state index in [0.717, 1.165) is 20.7 Å². The van der Waals surface area contributed by atoms with Gasteiger partial charge in [-0.2, -0.15) is 0 Å². The zero-order valence-electron chi connectivity index (χ0n) is 17.0. The van der Waals surface area contributed by atoms with Crippen LogP contribution in [0, 0.1) is 18.7 Å². The van der Waals surface area contributed by atoms with Crippen molar-refractivity contribution in [3.8, 4) is 0 Å². The third-order valence-corrected chi connectivity index (χ3v) is 6.86. The predicted molar refractivity (Wildman–Crippen MR) is 122 cm³/mol. The minimum atomic E-state index is -0.258. The number of piperidine rings is 1. The third-order valence-electron chi connectivity index (χ3n) is 5.32. The van der Waals surface area contributed by atoms with E-state index in [2.05, 4.69) is 21.2 Å². The Morgan fingerprint density at radius 1 is 1.17 bits per heavy atom. The second-order valence-electron chi connectivity index (χ2n) is 7.51. The summed E-state index contributed by atoms with van der Waals surface area (Å²) in [5.74, 6) is 0.518. The van der Waals surface area contributed by atoms with Gasteiger partial charge < -0.3 is 10.2 Å². The molecule has 4 nitrogen and oxygen atoms in total. The van der Waals surface area contributed by atoms with Crippen molar-refractivity contribution in [2.45, 2.75) is 37.6 Å². The van der Waals surface area contributed by atoms with Gasteiger partial charge in [0.05, 0.1) is 0 Å². The summed E-state index contributed by atoms with van der Waals surface area (Å²) < 4.78 is 14.7. The van der Waals surface area contributed by atoms with E-state index >= 15 is 0 Å². The number of thioether (sulfide) groups is 1. The van der Waals surface area contributed by atoms with Crippen LogP contribution in [-0.2, 0) is 16.1 Å². The Balaban J connectivity index is 1.36. The molecular formula is C23H26BrFN2O2S. The Hall–Kier alpha value is -1.86. The fraction of sp³-hybridized carbons (Fsp3) is 0.391. The second kappa shape index (κ2) is 11.0. The number of carbonyl (C=O) groups excluding carboxylic acids is 2. The fourth-order valence-corrected chi connectivity index (χ4v) is 4.52. The number of amides is 2. The number of halogens is 2. The van der Waals surface area contributed by atoms with Crippen LogP contribution in [0.2, 0.25) is 0 Å². The predicted octanol–water partition coefficient (Wildman–Crippen LogP) is 4.93. The molecule has 1 N–H and O–H groups in total. The Morgan fingerprint density at radius 3 is 2.53 bits per heavy atom. The van der Waals surface area contributed by atoms with Gasteiger partial charge >= 0.3 is 0 Å². The average Bonchev–Trinajstić information content (AvgIpc) is 2.75. The lowest BCUT2D eigenvalue weighted by Gasteiger charge is -2.31. The standard InChI is InChI=1S/C23H26BrFN2O2S/c1-16-2-3-17(14-21(16)25)15-26-23(29)18-8-11-27(12-9-18)22(28)10-13-30-20-6-4-19(24)5-7-20/h2-7,14,18H,8-13,15H2,1H3,(H,26,29). The molecule has 1 heterocycles. The molecule has 2 amide bonds. The second-order valence-corrected chi connectivity index (χ2v) is 9.59. The summed E-state index contributed by atoms with van der Waals surface area (Å²) in [6.45, 7) is 3.26. The molecule has 0 saturated carbocycles. The van der Waals surface area contributed by atoms with Gasteiger partial charge in [-0.1, -0.05) is 28.1 Å². The first-order chi connectivity index (χ1) is 14.4. The minimum Gasteiger partial charge on any atom is -0.352 e. The molecule has 0 aliphatic carbocycles. The van der Waals surface area contributed by atoms with Crippen LogP contribution in [0.1, 0.15) is 30.4 Å². The van der Waals surface area contributed by atoms with E-state index in [1.54, 1.807) is 24.8 Å². The van der Waals surface area contributed by atoms with Crippen molar-refractivity contribution >= 4 is 39.5 Å². The van der Waals surface area contributed by atoms with Crippen LogP contribution in [0.4, 0.5) is 4.39 Å². The number of hydrogen-bond donors (Lipinski definition) is 1. The first-order valence-corrected chi connectivity index (χ1v) is 11.9. The summed E-state index contributed by atoms with van der Waals surface area (Å²) in [6.07, 6.45) is 1.83. The maximum absolute atomic E-state index is 13.6. The van der Waals surface area contributed by atoms with Crippen molar-refractivity contribution in [3.63, 3.8) is 0 Å². The number of nitrogens with one attached hydrogen (secondary N) is 1. The normalized spacial score (nSPS) is 14.6. The van der Waals surface area contributed by atoms with Crippen LogP contribution in [-0.4, -0.2) is 35.6 Å². The van der Waals surface area contributed by atoms with Crippen LogP contribution in [0.5, 0.6) is 0 Å². The molecule has 1 aliphatic rings. The smallest absolute Gasteiger partial charge is 0.223 e. The van der Waals surface area contributed by atoms with Crippen molar-refractivity contribution in [2.75, 3.05) is 18.8 Å². The fourth-order valence-electron chi connectivity index (χ4n) is 3.42. The topological polar surface area (TPSA) is 49.4 Å². The van der Waals surface area contributed by atoms with E-state index in [4.69, 9.17) is 0 Å². The van der Waals surface area contributed by atoms with Gasteiger partial charge in [-0.3, -0.25) is 9.59 Å². The highest BCUT2D eigenvalue weighted by Gasteiger charge is 2.27. The van der Waals surface area contributed by atoms with Gasteiger partial charge in [0.25, 0.3) is 0 Å². The van der Waals surface area contributed by atoms with Crippen LogP contribution >= 0.6 is 27.7 Å². The molecule has 1 fully saturated rings. The number of likely N-dealkylation sites (tertiary alicyclic amines) is 1. The maximum atomic E-state index is 13.6. The number of aryl methyl sites for hydroxylation is 1. The molecule has 160 valence electrons. The number of carbonyl (C=O) groups is 2. The maximum Gasteiger partial charge on any atom is 0.223 e. The summed E-state index contributed by atoms with van der Waals surface area (Å²) >= 11 is 5.09. The van der Waals surface area contributed by atoms with E-state index in [9.17, 15) is 14.0 Å². The Bertz CT molecular complexity index is 883. The number of nitrogens with zero attached hydrogens (tertiary/aromatic N) is 1. The van der Waals surface area contributed by atoms with Crippen molar-refractivity contribution in [1.29, 1.82) is 0 Å². The Morgan fingerprint density at radius 2 is 1.87 bits per heavy atom. The summed E-state index contributed by atoms with van der Waals surface area (Å²) in [5.41, 5.74) is 1.35. The lowest BCUT2D eigenvalue weighted by Crippen LogP contribution is -2.43. The van der Waals surface area contributed by atoms with Gasteiger partial charge in [0.2, 0.25) is 11.8 Å². The van der Waals surface area contributed by atoms with E-state index in [0.29, 0.717) is 44.5 Å². The van der Waals surface area contributed by atoms with Crippen molar-refractivity contribution in [3.05, 3.63) is 63.9 Å². The number of rotatable bonds is 7. The van der Waals surface area contributed by atoms with Gasteiger partial charge in [0, 0.05) is 47.1 Å². The monoisotopic (exact) mass is 492 g/mol. The first kappa shape index (κ1) is 22.8. The molecule has 1 saturated heterocycles. The van der Waals surface area contributed by atoms with Crippen LogP contribution in [0.15, 0.2) is 51.8 Å². The summed E-state index contributed by atoms with van der Waals surface area (Å²) in [4.78, 5) is 27.9. The quantitative estimate of drug-likeness (QED) is 0.557. The molecular weight excluding hydrogens is 467 g/mol. The SMILES string of the molecule is Cc1ccc(CNC(=O)C2CCN(C(=O)CCSc3ccc(Br)cc3)CC2)cc1F. The molecule has 0 unspecified atom stereocenters. The highest BCUT2D eigenvalue weighted by molar-refractivity contribution is 9.10. The summed E-state index contributed by atoms with van der Waals surface area (Å²) in [7, 11) is 0. The molecule has 3 rings (SSSR count). The molecule has 0 radical (unpaired) electrons. The van der Waals surface area contributed by atoms with Crippen molar-refractivity contribution in [1.82, 2.24) is 10.2 Å². The van der Waals surface area contributed by atoms with Crippen LogP contribution in [0.3, 0.4) is 0 Å². The molecule has 1 aliphatic heterocycles. The molecule has 0 spiro atoms. The molecule has 2 aromatic rings. The van der Waals surface area contributed by atoms with E-state index in [-0.39, 0.29) is 23.5 Å². The largest absolute Gasteiger partial charge is 0.352 e. The molecule has 30 heavy (non-hydrogen) atoms. The van der Waals surface area contributed by atoms with E-state index in [1.807, 2.05) is 35.2 Å². The highest BCUT2D eigenvalue weighted by Crippen LogP contribution is 2.23. The van der Waals surface area contributed by atoms with Crippen molar-refractivity contribution in [2.24, 2.45) is 5.92 Å². The molecule has 0 atom stereocenters. The van der Waals surface area contributed by atoms with Crippen LogP contribution < -0.4 is 5.32 Å². The molecule has 2 aromatic carbocycles. The van der Waals surface area contributed by atoms with Gasteiger partial charge in [-0.15, -0.1) is 11.8 Å². The van der Waals surface area contributed by atoms with Gasteiger partial charge in [0.1, 0.15) is 5.82 Å². The zero-order chi connectivity index (χ0) is 21.5. The lowest BCUT2D eigenvalue weighted by atomic mass is 9.95. The van der Waals surface area contributed by atoms with Crippen molar-refractivity contribution < 1.29 is 14.0 Å².